The number of anilines is 1. The predicted octanol–water partition coefficient (Wildman–Crippen LogP) is 1.55. The summed E-state index contributed by atoms with van der Waals surface area (Å²) in [4.78, 5) is 25.1. The molecule has 0 radical (unpaired) electrons. The normalized spacial score (nSPS) is 13.1. The molecule has 0 heterocycles. The van der Waals surface area contributed by atoms with Crippen LogP contribution in [-0.4, -0.2) is 18.1 Å². The summed E-state index contributed by atoms with van der Waals surface area (Å²) >= 11 is 0. The van der Waals surface area contributed by atoms with E-state index in [1.807, 2.05) is 0 Å². The molecule has 4 nitrogen and oxygen atoms in total. The Kier molecular flexibility index (Phi) is 2.88. The SMILES string of the molecule is NCCc1c(N)ccc2c1C(=O)c1ccccc1C2=O. The Bertz CT molecular complexity index is 735. The van der Waals surface area contributed by atoms with Crippen LogP contribution in [0.2, 0.25) is 0 Å². The molecule has 0 saturated carbocycles. The van der Waals surface area contributed by atoms with Gasteiger partial charge in [-0.3, -0.25) is 9.59 Å². The number of carbonyl (C=O) groups is 2. The Morgan fingerprint density at radius 3 is 2.15 bits per heavy atom. The molecule has 2 aromatic rings. The van der Waals surface area contributed by atoms with Crippen LogP contribution in [0.1, 0.15) is 37.4 Å². The molecule has 2 aromatic carbocycles. The number of nitrogen functional groups attached to an aromatic ring is 1. The molecule has 0 bridgehead atoms. The largest absolute Gasteiger partial charge is 0.398 e. The van der Waals surface area contributed by atoms with E-state index in [0.29, 0.717) is 46.5 Å². The van der Waals surface area contributed by atoms with E-state index in [1.54, 1.807) is 36.4 Å². The maximum atomic E-state index is 12.7. The van der Waals surface area contributed by atoms with Crippen LogP contribution in [-0.2, 0) is 6.42 Å². The first kappa shape index (κ1) is 12.6. The topological polar surface area (TPSA) is 86.2 Å². The summed E-state index contributed by atoms with van der Waals surface area (Å²) in [5.74, 6) is -0.278. The Morgan fingerprint density at radius 2 is 1.50 bits per heavy atom. The van der Waals surface area contributed by atoms with Crippen LogP contribution in [0.15, 0.2) is 36.4 Å². The Morgan fingerprint density at radius 1 is 0.850 bits per heavy atom. The van der Waals surface area contributed by atoms with Gasteiger partial charge in [-0.05, 0) is 30.7 Å². The monoisotopic (exact) mass is 266 g/mol. The Balaban J connectivity index is 2.31. The van der Waals surface area contributed by atoms with Crippen LogP contribution < -0.4 is 11.5 Å². The highest BCUT2D eigenvalue weighted by Gasteiger charge is 2.31. The molecule has 0 amide bonds. The summed E-state index contributed by atoms with van der Waals surface area (Å²) in [6.07, 6.45) is 0.482. The summed E-state index contributed by atoms with van der Waals surface area (Å²) in [5, 5.41) is 0. The zero-order valence-corrected chi connectivity index (χ0v) is 10.8. The number of hydrogen-bond donors (Lipinski definition) is 2. The van der Waals surface area contributed by atoms with Gasteiger partial charge in [0.25, 0.3) is 0 Å². The molecule has 0 unspecified atom stereocenters. The zero-order chi connectivity index (χ0) is 14.3. The number of nitrogens with two attached hydrogens (primary N) is 2. The van der Waals surface area contributed by atoms with E-state index in [2.05, 4.69) is 0 Å². The van der Waals surface area contributed by atoms with Crippen LogP contribution in [0.5, 0.6) is 0 Å². The fraction of sp³-hybridized carbons (Fsp3) is 0.125. The lowest BCUT2D eigenvalue weighted by molar-refractivity contribution is 0.0978. The van der Waals surface area contributed by atoms with Gasteiger partial charge in [-0.1, -0.05) is 24.3 Å². The van der Waals surface area contributed by atoms with Crippen molar-refractivity contribution in [1.29, 1.82) is 0 Å². The summed E-state index contributed by atoms with van der Waals surface area (Å²) in [7, 11) is 0. The van der Waals surface area contributed by atoms with Crippen LogP contribution in [0.25, 0.3) is 0 Å². The van der Waals surface area contributed by atoms with E-state index in [4.69, 9.17) is 11.5 Å². The molecule has 0 saturated heterocycles. The predicted molar refractivity (Wildman–Crippen MR) is 76.9 cm³/mol. The molecule has 0 fully saturated rings. The van der Waals surface area contributed by atoms with E-state index < -0.39 is 0 Å². The molecule has 0 spiro atoms. The van der Waals surface area contributed by atoms with Gasteiger partial charge in [-0.15, -0.1) is 0 Å². The molecule has 1 aliphatic carbocycles. The van der Waals surface area contributed by atoms with Crippen LogP contribution in [0, 0.1) is 0 Å². The summed E-state index contributed by atoms with van der Waals surface area (Å²) < 4.78 is 0. The minimum absolute atomic E-state index is 0.131. The van der Waals surface area contributed by atoms with Crippen molar-refractivity contribution in [1.82, 2.24) is 0 Å². The molecule has 0 aliphatic heterocycles. The fourth-order valence-electron chi connectivity index (χ4n) is 2.69. The number of benzene rings is 2. The first-order chi connectivity index (χ1) is 9.65. The highest BCUT2D eigenvalue weighted by atomic mass is 16.1. The lowest BCUT2D eigenvalue weighted by atomic mass is 9.81. The number of ketones is 2. The van der Waals surface area contributed by atoms with Gasteiger partial charge < -0.3 is 11.5 Å². The standard InChI is InChI=1S/C16H14N2O2/c17-8-7-11-13(18)6-5-12-14(11)16(20)10-4-2-1-3-9(10)15(12)19/h1-6H,7-8,17-18H2. The molecular formula is C16H14N2O2. The van der Waals surface area contributed by atoms with Gasteiger partial charge in [-0.2, -0.15) is 0 Å². The first-order valence-corrected chi connectivity index (χ1v) is 6.45. The second-order valence-corrected chi connectivity index (χ2v) is 4.80. The minimum atomic E-state index is -0.147. The highest BCUT2D eigenvalue weighted by Crippen LogP contribution is 2.32. The van der Waals surface area contributed by atoms with Gasteiger partial charge in [0.1, 0.15) is 0 Å². The third-order valence-electron chi connectivity index (χ3n) is 3.63. The average Bonchev–Trinajstić information content (AvgIpc) is 2.47. The van der Waals surface area contributed by atoms with Crippen molar-refractivity contribution in [2.75, 3.05) is 12.3 Å². The lowest BCUT2D eigenvalue weighted by Crippen LogP contribution is -2.24. The van der Waals surface area contributed by atoms with Gasteiger partial charge in [0, 0.05) is 27.9 Å². The van der Waals surface area contributed by atoms with Gasteiger partial charge >= 0.3 is 0 Å². The van der Waals surface area contributed by atoms with Crippen molar-refractivity contribution >= 4 is 17.3 Å². The summed E-state index contributed by atoms with van der Waals surface area (Å²) in [5.41, 5.74) is 14.4. The van der Waals surface area contributed by atoms with Crippen LogP contribution in [0.3, 0.4) is 0 Å². The van der Waals surface area contributed by atoms with Gasteiger partial charge in [0.05, 0.1) is 0 Å². The quantitative estimate of drug-likeness (QED) is 0.689. The second kappa shape index (κ2) is 4.58. The van der Waals surface area contributed by atoms with Gasteiger partial charge in [0.2, 0.25) is 0 Å². The van der Waals surface area contributed by atoms with E-state index in [9.17, 15) is 9.59 Å². The third kappa shape index (κ3) is 1.66. The number of carbonyl (C=O) groups excluding carboxylic acids is 2. The third-order valence-corrected chi connectivity index (χ3v) is 3.63. The maximum absolute atomic E-state index is 12.7. The molecule has 100 valence electrons. The maximum Gasteiger partial charge on any atom is 0.194 e. The smallest absolute Gasteiger partial charge is 0.194 e. The van der Waals surface area contributed by atoms with Crippen molar-refractivity contribution in [3.8, 4) is 0 Å². The summed E-state index contributed by atoms with van der Waals surface area (Å²) in [6, 6.07) is 10.2. The molecule has 4 N–H and O–H groups in total. The van der Waals surface area contributed by atoms with Crippen molar-refractivity contribution in [2.45, 2.75) is 6.42 Å². The van der Waals surface area contributed by atoms with Crippen LogP contribution >= 0.6 is 0 Å². The Hall–Kier alpha value is -2.46. The number of fused-ring (bicyclic) bond motifs is 2. The zero-order valence-electron chi connectivity index (χ0n) is 10.8. The second-order valence-electron chi connectivity index (χ2n) is 4.80. The van der Waals surface area contributed by atoms with E-state index >= 15 is 0 Å². The van der Waals surface area contributed by atoms with E-state index in [0.717, 1.165) is 0 Å². The molecule has 1 aliphatic rings. The minimum Gasteiger partial charge on any atom is -0.398 e. The lowest BCUT2D eigenvalue weighted by Gasteiger charge is -2.21. The Labute approximate surface area is 116 Å². The molecule has 0 atom stereocenters. The summed E-state index contributed by atoms with van der Waals surface area (Å²) in [6.45, 7) is 0.379. The highest BCUT2D eigenvalue weighted by molar-refractivity contribution is 6.29. The van der Waals surface area contributed by atoms with Crippen molar-refractivity contribution in [3.63, 3.8) is 0 Å². The van der Waals surface area contributed by atoms with E-state index in [-0.39, 0.29) is 11.6 Å². The van der Waals surface area contributed by atoms with Crippen molar-refractivity contribution in [2.24, 2.45) is 5.73 Å². The number of hydrogen-bond acceptors (Lipinski definition) is 4. The average molecular weight is 266 g/mol. The van der Waals surface area contributed by atoms with Gasteiger partial charge in [-0.25, -0.2) is 0 Å². The van der Waals surface area contributed by atoms with Crippen molar-refractivity contribution in [3.05, 3.63) is 64.2 Å². The fourth-order valence-corrected chi connectivity index (χ4v) is 2.69. The molecule has 20 heavy (non-hydrogen) atoms. The van der Waals surface area contributed by atoms with Crippen molar-refractivity contribution < 1.29 is 9.59 Å². The van der Waals surface area contributed by atoms with Crippen LogP contribution in [0.4, 0.5) is 5.69 Å². The van der Waals surface area contributed by atoms with E-state index in [1.165, 1.54) is 0 Å². The molecular weight excluding hydrogens is 252 g/mol. The first-order valence-electron chi connectivity index (χ1n) is 6.45. The molecule has 3 rings (SSSR count). The molecule has 0 aromatic heterocycles. The number of rotatable bonds is 2. The van der Waals surface area contributed by atoms with Gasteiger partial charge in [0.15, 0.2) is 11.6 Å². The molecule has 4 heteroatoms.